The minimum atomic E-state index is -4.51. The lowest BCUT2D eigenvalue weighted by Crippen LogP contribution is -2.35. The third kappa shape index (κ3) is 5.46. The highest BCUT2D eigenvalue weighted by atomic mass is 35.5. The van der Waals surface area contributed by atoms with Crippen molar-refractivity contribution in [2.24, 2.45) is 0 Å². The van der Waals surface area contributed by atoms with E-state index in [0.717, 1.165) is 12.1 Å². The lowest BCUT2D eigenvalue weighted by atomic mass is 10.2. The Kier molecular flexibility index (Phi) is 6.97. The van der Waals surface area contributed by atoms with Gasteiger partial charge in [-0.05, 0) is 43.3 Å². The Bertz CT molecular complexity index is 1190. The fourth-order valence-electron chi connectivity index (χ4n) is 3.15. The Morgan fingerprint density at radius 2 is 1.94 bits per heavy atom. The van der Waals surface area contributed by atoms with Gasteiger partial charge in [-0.15, -0.1) is 0 Å². The van der Waals surface area contributed by atoms with Crippen molar-refractivity contribution in [2.45, 2.75) is 13.1 Å². The Labute approximate surface area is 192 Å². The number of methoxy groups -OCH3 is 1. The molecule has 0 aliphatic rings. The Morgan fingerprint density at radius 3 is 2.61 bits per heavy atom. The SMILES string of the molecule is COc1ccc(Cl)cc1NC(=O)CN(C)C(=O)c1cnn(-c2cccc(C(F)(F)F)c2)c1C. The van der Waals surface area contributed by atoms with E-state index in [1.54, 1.807) is 19.1 Å². The maximum Gasteiger partial charge on any atom is 0.416 e. The topological polar surface area (TPSA) is 76.5 Å². The van der Waals surface area contributed by atoms with E-state index < -0.39 is 23.6 Å². The van der Waals surface area contributed by atoms with Crippen LogP contribution >= 0.6 is 11.6 Å². The number of halogens is 4. The third-order valence-corrected chi connectivity index (χ3v) is 5.06. The van der Waals surface area contributed by atoms with Crippen molar-refractivity contribution in [1.29, 1.82) is 0 Å². The van der Waals surface area contributed by atoms with Crippen LogP contribution in [-0.4, -0.2) is 47.2 Å². The number of rotatable bonds is 6. The van der Waals surface area contributed by atoms with E-state index in [4.69, 9.17) is 16.3 Å². The fourth-order valence-corrected chi connectivity index (χ4v) is 3.33. The molecular weight excluding hydrogens is 461 g/mol. The highest BCUT2D eigenvalue weighted by molar-refractivity contribution is 6.31. The molecule has 0 aliphatic carbocycles. The van der Waals surface area contributed by atoms with Gasteiger partial charge in [-0.2, -0.15) is 18.3 Å². The number of ether oxygens (including phenoxy) is 1. The summed E-state index contributed by atoms with van der Waals surface area (Å²) in [7, 11) is 2.87. The number of nitrogens with zero attached hydrogens (tertiary/aromatic N) is 3. The summed E-state index contributed by atoms with van der Waals surface area (Å²) in [5.74, 6) is -0.604. The van der Waals surface area contributed by atoms with Gasteiger partial charge in [-0.1, -0.05) is 17.7 Å². The predicted octanol–water partition coefficient (Wildman–Crippen LogP) is 4.57. The number of aromatic nitrogens is 2. The molecule has 11 heteroatoms. The molecule has 174 valence electrons. The smallest absolute Gasteiger partial charge is 0.416 e. The first kappa shape index (κ1) is 24.1. The lowest BCUT2D eigenvalue weighted by Gasteiger charge is -2.17. The number of amides is 2. The Balaban J connectivity index is 1.75. The van der Waals surface area contributed by atoms with E-state index in [9.17, 15) is 22.8 Å². The molecule has 1 aromatic heterocycles. The number of nitrogens with one attached hydrogen (secondary N) is 1. The summed E-state index contributed by atoms with van der Waals surface area (Å²) in [5, 5.41) is 7.09. The number of carbonyl (C=O) groups excluding carboxylic acids is 2. The molecule has 0 saturated heterocycles. The molecule has 2 amide bonds. The first-order chi connectivity index (χ1) is 15.5. The summed E-state index contributed by atoms with van der Waals surface area (Å²) in [4.78, 5) is 26.5. The van der Waals surface area contributed by atoms with E-state index in [2.05, 4.69) is 10.4 Å². The summed E-state index contributed by atoms with van der Waals surface area (Å²) >= 11 is 5.96. The van der Waals surface area contributed by atoms with Gasteiger partial charge in [-0.3, -0.25) is 9.59 Å². The highest BCUT2D eigenvalue weighted by Crippen LogP contribution is 2.31. The maximum atomic E-state index is 13.0. The van der Waals surface area contributed by atoms with Crippen molar-refractivity contribution in [3.63, 3.8) is 0 Å². The zero-order valence-corrected chi connectivity index (χ0v) is 18.7. The number of hydrogen-bond acceptors (Lipinski definition) is 4. The second-order valence-electron chi connectivity index (χ2n) is 7.16. The largest absolute Gasteiger partial charge is 0.495 e. The van der Waals surface area contributed by atoms with Crippen LogP contribution in [0.1, 0.15) is 21.6 Å². The van der Waals surface area contributed by atoms with Crippen molar-refractivity contribution in [3.8, 4) is 11.4 Å². The van der Waals surface area contributed by atoms with Gasteiger partial charge >= 0.3 is 6.18 Å². The third-order valence-electron chi connectivity index (χ3n) is 4.82. The summed E-state index contributed by atoms with van der Waals surface area (Å²) in [5.41, 5.74) is 0.179. The molecule has 3 aromatic rings. The molecule has 0 fully saturated rings. The number of carbonyl (C=O) groups is 2. The van der Waals surface area contributed by atoms with Gasteiger partial charge in [-0.25, -0.2) is 4.68 Å². The molecule has 0 aliphatic heterocycles. The van der Waals surface area contributed by atoms with Gasteiger partial charge in [0.05, 0.1) is 48.0 Å². The zero-order chi connectivity index (χ0) is 24.3. The molecule has 0 spiro atoms. The van der Waals surface area contributed by atoms with Crippen LogP contribution in [0.5, 0.6) is 5.75 Å². The van der Waals surface area contributed by atoms with Crippen molar-refractivity contribution >= 4 is 29.1 Å². The summed E-state index contributed by atoms with van der Waals surface area (Å²) in [6, 6.07) is 9.35. The maximum absolute atomic E-state index is 13.0. The number of benzene rings is 2. The summed E-state index contributed by atoms with van der Waals surface area (Å²) in [6.45, 7) is 1.27. The summed E-state index contributed by atoms with van der Waals surface area (Å²) < 4.78 is 45.5. The molecular formula is C22H20ClF3N4O3. The van der Waals surface area contributed by atoms with Gasteiger partial charge in [0.2, 0.25) is 5.91 Å². The van der Waals surface area contributed by atoms with Crippen LogP contribution in [-0.2, 0) is 11.0 Å². The molecule has 0 radical (unpaired) electrons. The lowest BCUT2D eigenvalue weighted by molar-refractivity contribution is -0.137. The number of alkyl halides is 3. The van der Waals surface area contributed by atoms with Crippen LogP contribution in [0.15, 0.2) is 48.7 Å². The minimum absolute atomic E-state index is 0.156. The molecule has 3 rings (SSSR count). The van der Waals surface area contributed by atoms with Gasteiger partial charge in [0, 0.05) is 12.1 Å². The number of anilines is 1. The fraction of sp³-hybridized carbons (Fsp3) is 0.227. The molecule has 1 N–H and O–H groups in total. The van der Waals surface area contributed by atoms with Crippen LogP contribution in [0.3, 0.4) is 0 Å². The zero-order valence-electron chi connectivity index (χ0n) is 17.9. The molecule has 0 bridgehead atoms. The Hall–Kier alpha value is -3.53. The number of likely N-dealkylation sites (N-methyl/N-ethyl adjacent to an activating group) is 1. The average molecular weight is 481 g/mol. The molecule has 2 aromatic carbocycles. The standard InChI is InChI=1S/C22H20ClF3N4O3/c1-13-17(11-27-30(13)16-6-4-5-14(9-16)22(24,25)26)21(32)29(2)12-20(31)28-18-10-15(23)7-8-19(18)33-3/h4-11H,12H2,1-3H3,(H,28,31). The molecule has 0 unspecified atom stereocenters. The van der Waals surface area contributed by atoms with E-state index in [-0.39, 0.29) is 17.8 Å². The predicted molar refractivity (Wildman–Crippen MR) is 117 cm³/mol. The van der Waals surface area contributed by atoms with Gasteiger partial charge < -0.3 is 15.0 Å². The van der Waals surface area contributed by atoms with E-state index in [1.165, 1.54) is 48.1 Å². The van der Waals surface area contributed by atoms with Crippen molar-refractivity contribution in [3.05, 3.63) is 70.5 Å². The quantitative estimate of drug-likeness (QED) is 0.560. The second-order valence-corrected chi connectivity index (χ2v) is 7.59. The van der Waals surface area contributed by atoms with E-state index in [0.29, 0.717) is 22.2 Å². The van der Waals surface area contributed by atoms with Crippen LogP contribution in [0.25, 0.3) is 5.69 Å². The van der Waals surface area contributed by atoms with Crippen LogP contribution in [0.2, 0.25) is 5.02 Å². The molecule has 33 heavy (non-hydrogen) atoms. The van der Waals surface area contributed by atoms with Crippen molar-refractivity contribution in [2.75, 3.05) is 26.0 Å². The highest BCUT2D eigenvalue weighted by Gasteiger charge is 2.31. The molecule has 0 saturated carbocycles. The van der Waals surface area contributed by atoms with Gasteiger partial charge in [0.1, 0.15) is 5.75 Å². The Morgan fingerprint density at radius 1 is 1.21 bits per heavy atom. The monoisotopic (exact) mass is 480 g/mol. The number of hydrogen-bond donors (Lipinski definition) is 1. The molecule has 7 nitrogen and oxygen atoms in total. The van der Waals surface area contributed by atoms with Crippen LogP contribution in [0, 0.1) is 6.92 Å². The van der Waals surface area contributed by atoms with Crippen molar-refractivity contribution < 1.29 is 27.5 Å². The van der Waals surface area contributed by atoms with Crippen molar-refractivity contribution in [1.82, 2.24) is 14.7 Å². The van der Waals surface area contributed by atoms with E-state index in [1.807, 2.05) is 0 Å². The molecule has 1 heterocycles. The average Bonchev–Trinajstić information content (AvgIpc) is 3.14. The van der Waals surface area contributed by atoms with Crippen LogP contribution < -0.4 is 10.1 Å². The second kappa shape index (κ2) is 9.53. The first-order valence-corrected chi connectivity index (χ1v) is 10.00. The normalized spacial score (nSPS) is 11.2. The van der Waals surface area contributed by atoms with E-state index >= 15 is 0 Å². The minimum Gasteiger partial charge on any atom is -0.495 e. The van der Waals surface area contributed by atoms with Crippen LogP contribution in [0.4, 0.5) is 18.9 Å². The molecule has 0 atom stereocenters. The van der Waals surface area contributed by atoms with Gasteiger partial charge in [0.15, 0.2) is 0 Å². The summed E-state index contributed by atoms with van der Waals surface area (Å²) in [6.07, 6.45) is -3.25. The van der Waals surface area contributed by atoms with Gasteiger partial charge in [0.25, 0.3) is 5.91 Å². The first-order valence-electron chi connectivity index (χ1n) is 9.62.